The van der Waals surface area contributed by atoms with E-state index in [4.69, 9.17) is 0 Å². The van der Waals surface area contributed by atoms with E-state index in [1.54, 1.807) is 30.6 Å². The minimum absolute atomic E-state index is 0.0225. The monoisotopic (exact) mass is 251 g/mol. The molecule has 1 heterocycles. The van der Waals surface area contributed by atoms with E-state index in [0.717, 1.165) is 5.56 Å². The first-order chi connectivity index (χ1) is 9.08. The average Bonchev–Trinajstić information content (AvgIpc) is 2.42. The molecule has 0 saturated heterocycles. The summed E-state index contributed by atoms with van der Waals surface area (Å²) in [4.78, 5) is 15.9. The molecule has 0 spiro atoms. The van der Waals surface area contributed by atoms with Crippen molar-refractivity contribution in [2.45, 2.75) is 20.8 Å². The van der Waals surface area contributed by atoms with Crippen LogP contribution in [0, 0.1) is 20.8 Å². The molecule has 2 nitrogen and oxygen atoms in total. The van der Waals surface area contributed by atoms with Gasteiger partial charge in [-0.25, -0.2) is 0 Å². The van der Waals surface area contributed by atoms with Crippen molar-refractivity contribution in [3.8, 4) is 0 Å². The van der Waals surface area contributed by atoms with Crippen LogP contribution in [0.15, 0.2) is 42.7 Å². The fraction of sp³-hybridized carbons (Fsp3) is 0.176. The molecule has 0 fully saturated rings. The molecule has 0 saturated carbocycles. The molecule has 19 heavy (non-hydrogen) atoms. The number of allylic oxidation sites excluding steroid dienone is 1. The molecule has 2 aromatic rings. The number of aryl methyl sites for hydroxylation is 3. The van der Waals surface area contributed by atoms with E-state index < -0.39 is 0 Å². The molecule has 2 rings (SSSR count). The molecule has 0 unspecified atom stereocenters. The van der Waals surface area contributed by atoms with Crippen molar-refractivity contribution < 1.29 is 4.79 Å². The third kappa shape index (κ3) is 3.16. The molecule has 0 amide bonds. The van der Waals surface area contributed by atoms with E-state index in [2.05, 4.69) is 37.9 Å². The first kappa shape index (κ1) is 13.2. The van der Waals surface area contributed by atoms with Gasteiger partial charge in [0.1, 0.15) is 0 Å². The molecule has 1 aromatic heterocycles. The van der Waals surface area contributed by atoms with Crippen molar-refractivity contribution in [2.75, 3.05) is 0 Å². The summed E-state index contributed by atoms with van der Waals surface area (Å²) in [6, 6.07) is 7.79. The molecule has 0 N–H and O–H groups in total. The molecule has 0 atom stereocenters. The molecular weight excluding hydrogens is 234 g/mol. The topological polar surface area (TPSA) is 30.0 Å². The van der Waals surface area contributed by atoms with E-state index in [1.165, 1.54) is 16.7 Å². The maximum Gasteiger partial charge on any atom is 0.187 e. The van der Waals surface area contributed by atoms with Gasteiger partial charge in [0.25, 0.3) is 0 Å². The minimum atomic E-state index is -0.0225. The van der Waals surface area contributed by atoms with Crippen LogP contribution in [0.3, 0.4) is 0 Å². The van der Waals surface area contributed by atoms with Gasteiger partial charge in [-0.1, -0.05) is 18.2 Å². The third-order valence-corrected chi connectivity index (χ3v) is 3.24. The molecule has 0 radical (unpaired) electrons. The van der Waals surface area contributed by atoms with Crippen LogP contribution in [0.25, 0.3) is 6.08 Å². The molecule has 0 bridgehead atoms. The summed E-state index contributed by atoms with van der Waals surface area (Å²) >= 11 is 0. The van der Waals surface area contributed by atoms with Crippen molar-refractivity contribution in [2.24, 2.45) is 0 Å². The Bertz CT molecular complexity index is 627. The Hall–Kier alpha value is -2.22. The van der Waals surface area contributed by atoms with Crippen LogP contribution in [-0.4, -0.2) is 10.8 Å². The number of carbonyl (C=O) groups excluding carboxylic acids is 1. The smallest absolute Gasteiger partial charge is 0.187 e. The van der Waals surface area contributed by atoms with Gasteiger partial charge < -0.3 is 0 Å². The van der Waals surface area contributed by atoms with E-state index in [1.807, 2.05) is 6.08 Å². The Balaban J connectivity index is 2.24. The van der Waals surface area contributed by atoms with Crippen molar-refractivity contribution >= 4 is 11.9 Å². The van der Waals surface area contributed by atoms with Crippen LogP contribution in [0.1, 0.15) is 32.6 Å². The largest absolute Gasteiger partial charge is 0.289 e. The van der Waals surface area contributed by atoms with Gasteiger partial charge in [-0.15, -0.1) is 0 Å². The zero-order chi connectivity index (χ0) is 13.8. The second-order valence-electron chi connectivity index (χ2n) is 4.73. The standard InChI is InChI=1S/C17H17NO/c1-12-9-14(3)15(10-13(12)2)6-7-17(19)16-5-4-8-18-11-16/h4-11H,1-3H3. The van der Waals surface area contributed by atoms with Gasteiger partial charge in [0.2, 0.25) is 0 Å². The fourth-order valence-electron chi connectivity index (χ4n) is 1.93. The van der Waals surface area contributed by atoms with Gasteiger partial charge >= 0.3 is 0 Å². The predicted octanol–water partition coefficient (Wildman–Crippen LogP) is 3.90. The second-order valence-corrected chi connectivity index (χ2v) is 4.73. The molecule has 0 aliphatic heterocycles. The highest BCUT2D eigenvalue weighted by Crippen LogP contribution is 2.17. The van der Waals surface area contributed by atoms with Crippen molar-refractivity contribution in [3.05, 3.63) is 70.6 Å². The summed E-state index contributed by atoms with van der Waals surface area (Å²) in [5.74, 6) is -0.0225. The number of carbonyl (C=O) groups is 1. The summed E-state index contributed by atoms with van der Waals surface area (Å²) in [6.07, 6.45) is 6.72. The van der Waals surface area contributed by atoms with Crippen LogP contribution in [0.5, 0.6) is 0 Å². The summed E-state index contributed by atoms with van der Waals surface area (Å²) in [6.45, 7) is 6.23. The molecular formula is C17H17NO. The maximum absolute atomic E-state index is 12.0. The molecule has 2 heteroatoms. The first-order valence-corrected chi connectivity index (χ1v) is 6.28. The van der Waals surface area contributed by atoms with Gasteiger partial charge in [0.05, 0.1) is 0 Å². The Morgan fingerprint density at radius 3 is 2.53 bits per heavy atom. The SMILES string of the molecule is Cc1cc(C)c(C=CC(=O)c2cccnc2)cc1C. The number of benzene rings is 1. The Morgan fingerprint density at radius 1 is 1.11 bits per heavy atom. The zero-order valence-corrected chi connectivity index (χ0v) is 11.5. The number of hydrogen-bond donors (Lipinski definition) is 0. The zero-order valence-electron chi connectivity index (χ0n) is 11.5. The summed E-state index contributed by atoms with van der Waals surface area (Å²) in [5, 5.41) is 0. The molecule has 0 aliphatic rings. The van der Waals surface area contributed by atoms with Gasteiger partial charge in [-0.05, 0) is 61.2 Å². The number of rotatable bonds is 3. The highest BCUT2D eigenvalue weighted by molar-refractivity contribution is 6.06. The first-order valence-electron chi connectivity index (χ1n) is 6.28. The van der Waals surface area contributed by atoms with Gasteiger partial charge in [0, 0.05) is 18.0 Å². The van der Waals surface area contributed by atoms with Gasteiger partial charge in [0.15, 0.2) is 5.78 Å². The normalized spacial score (nSPS) is 10.9. The van der Waals surface area contributed by atoms with E-state index in [0.29, 0.717) is 5.56 Å². The second kappa shape index (κ2) is 5.61. The van der Waals surface area contributed by atoms with Gasteiger partial charge in [-0.3, -0.25) is 9.78 Å². The Labute approximate surface area is 113 Å². The van der Waals surface area contributed by atoms with Crippen molar-refractivity contribution in [1.29, 1.82) is 0 Å². The summed E-state index contributed by atoms with van der Waals surface area (Å²) in [7, 11) is 0. The average molecular weight is 251 g/mol. The summed E-state index contributed by atoms with van der Waals surface area (Å²) < 4.78 is 0. The maximum atomic E-state index is 12.0. The Morgan fingerprint density at radius 2 is 1.84 bits per heavy atom. The van der Waals surface area contributed by atoms with Crippen LogP contribution in [0.2, 0.25) is 0 Å². The quantitative estimate of drug-likeness (QED) is 0.611. The minimum Gasteiger partial charge on any atom is -0.289 e. The van der Waals surface area contributed by atoms with Crippen LogP contribution < -0.4 is 0 Å². The van der Waals surface area contributed by atoms with Crippen LogP contribution in [-0.2, 0) is 0 Å². The molecule has 96 valence electrons. The van der Waals surface area contributed by atoms with Crippen molar-refractivity contribution in [1.82, 2.24) is 4.98 Å². The summed E-state index contributed by atoms with van der Waals surface area (Å²) in [5.41, 5.74) is 5.38. The number of ketones is 1. The van der Waals surface area contributed by atoms with Crippen LogP contribution in [0.4, 0.5) is 0 Å². The highest BCUT2D eigenvalue weighted by Gasteiger charge is 2.02. The lowest BCUT2D eigenvalue weighted by molar-refractivity contribution is 0.104. The van der Waals surface area contributed by atoms with Gasteiger partial charge in [-0.2, -0.15) is 0 Å². The Kier molecular flexibility index (Phi) is 3.91. The lowest BCUT2D eigenvalue weighted by Crippen LogP contribution is -1.94. The number of hydrogen-bond acceptors (Lipinski definition) is 2. The van der Waals surface area contributed by atoms with E-state index in [-0.39, 0.29) is 5.78 Å². The number of nitrogens with zero attached hydrogens (tertiary/aromatic N) is 1. The van der Waals surface area contributed by atoms with Crippen LogP contribution >= 0.6 is 0 Å². The fourth-order valence-corrected chi connectivity index (χ4v) is 1.93. The lowest BCUT2D eigenvalue weighted by Gasteiger charge is -2.05. The molecule has 1 aromatic carbocycles. The number of aromatic nitrogens is 1. The molecule has 0 aliphatic carbocycles. The van der Waals surface area contributed by atoms with E-state index in [9.17, 15) is 4.79 Å². The van der Waals surface area contributed by atoms with E-state index >= 15 is 0 Å². The van der Waals surface area contributed by atoms with Crippen molar-refractivity contribution in [3.63, 3.8) is 0 Å². The lowest BCUT2D eigenvalue weighted by atomic mass is 10.00. The third-order valence-electron chi connectivity index (χ3n) is 3.24. The number of pyridine rings is 1. The predicted molar refractivity (Wildman–Crippen MR) is 78.3 cm³/mol. The highest BCUT2D eigenvalue weighted by atomic mass is 16.1.